The van der Waals surface area contributed by atoms with Crippen molar-refractivity contribution in [3.8, 4) is 0 Å². The minimum atomic E-state index is 0.419. The zero-order chi connectivity index (χ0) is 13.1. The van der Waals surface area contributed by atoms with Gasteiger partial charge in [-0.15, -0.1) is 0 Å². The molecule has 0 aliphatic heterocycles. The topological polar surface area (TPSA) is 33.1 Å². The number of imidazole rings is 1. The molecule has 0 radical (unpaired) electrons. The molecule has 0 saturated heterocycles. The Morgan fingerprint density at radius 2 is 2.06 bits per heavy atom. The molecule has 0 bridgehead atoms. The summed E-state index contributed by atoms with van der Waals surface area (Å²) in [5, 5.41) is 3.48. The fourth-order valence-electron chi connectivity index (χ4n) is 2.02. The molecular formula is C14H22N4. The second kappa shape index (κ2) is 5.40. The fraction of sp³-hybridized carbons (Fsp3) is 0.500. The highest BCUT2D eigenvalue weighted by Crippen LogP contribution is 2.18. The van der Waals surface area contributed by atoms with Crippen LogP contribution in [-0.4, -0.2) is 41.1 Å². The van der Waals surface area contributed by atoms with Crippen molar-refractivity contribution >= 4 is 17.0 Å². The zero-order valence-electron chi connectivity index (χ0n) is 11.6. The van der Waals surface area contributed by atoms with Crippen LogP contribution in [0, 0.1) is 0 Å². The lowest BCUT2D eigenvalue weighted by atomic mass is 10.2. The molecule has 0 amide bonds. The van der Waals surface area contributed by atoms with Crippen molar-refractivity contribution in [2.75, 3.05) is 26.0 Å². The maximum absolute atomic E-state index is 4.62. The van der Waals surface area contributed by atoms with Gasteiger partial charge in [0.2, 0.25) is 5.95 Å². The molecule has 0 spiro atoms. The third-order valence-electron chi connectivity index (χ3n) is 3.17. The fourth-order valence-corrected chi connectivity index (χ4v) is 2.02. The number of aryl methyl sites for hydroxylation is 1. The van der Waals surface area contributed by atoms with Crippen LogP contribution in [0.4, 0.5) is 5.95 Å². The molecule has 0 fully saturated rings. The quantitative estimate of drug-likeness (QED) is 0.879. The van der Waals surface area contributed by atoms with Gasteiger partial charge in [-0.05, 0) is 46.1 Å². The van der Waals surface area contributed by atoms with Crippen molar-refractivity contribution in [3.05, 3.63) is 24.3 Å². The normalized spacial score (nSPS) is 13.2. The van der Waals surface area contributed by atoms with Crippen LogP contribution in [0.1, 0.15) is 13.3 Å². The Hall–Kier alpha value is -1.55. The summed E-state index contributed by atoms with van der Waals surface area (Å²) >= 11 is 0. The van der Waals surface area contributed by atoms with Crippen LogP contribution in [-0.2, 0) is 7.05 Å². The molecule has 1 heterocycles. The molecule has 98 valence electrons. The van der Waals surface area contributed by atoms with E-state index >= 15 is 0 Å². The number of hydrogen-bond acceptors (Lipinski definition) is 3. The van der Waals surface area contributed by atoms with Gasteiger partial charge in [0.15, 0.2) is 0 Å². The Balaban J connectivity index is 2.09. The summed E-state index contributed by atoms with van der Waals surface area (Å²) in [5.74, 6) is 0.947. The molecule has 1 atom stereocenters. The van der Waals surface area contributed by atoms with Gasteiger partial charge in [-0.2, -0.15) is 0 Å². The van der Waals surface area contributed by atoms with Crippen LogP contribution < -0.4 is 5.32 Å². The van der Waals surface area contributed by atoms with E-state index in [0.29, 0.717) is 6.04 Å². The van der Waals surface area contributed by atoms with E-state index in [1.54, 1.807) is 0 Å². The van der Waals surface area contributed by atoms with Crippen LogP contribution in [0.5, 0.6) is 0 Å². The number of para-hydroxylation sites is 2. The summed E-state index contributed by atoms with van der Waals surface area (Å²) in [6, 6.07) is 8.63. The maximum atomic E-state index is 4.62. The number of nitrogens with zero attached hydrogens (tertiary/aromatic N) is 3. The predicted octanol–water partition coefficient (Wildman–Crippen LogP) is 2.33. The first kappa shape index (κ1) is 12.9. The Morgan fingerprint density at radius 3 is 2.72 bits per heavy atom. The minimum Gasteiger partial charge on any atom is -0.353 e. The number of benzene rings is 1. The number of fused-ring (bicyclic) bond motifs is 1. The molecule has 1 N–H and O–H groups in total. The molecule has 2 rings (SSSR count). The monoisotopic (exact) mass is 246 g/mol. The Bertz CT molecular complexity index is 515. The third kappa shape index (κ3) is 2.82. The van der Waals surface area contributed by atoms with E-state index in [9.17, 15) is 0 Å². The Morgan fingerprint density at radius 1 is 1.33 bits per heavy atom. The summed E-state index contributed by atoms with van der Waals surface area (Å²) in [4.78, 5) is 6.82. The van der Waals surface area contributed by atoms with Gasteiger partial charge >= 0.3 is 0 Å². The Kier molecular flexibility index (Phi) is 3.87. The van der Waals surface area contributed by atoms with Crippen LogP contribution in [0.25, 0.3) is 11.0 Å². The molecule has 4 nitrogen and oxygen atoms in total. The molecule has 4 heteroatoms. The lowest BCUT2D eigenvalue weighted by Gasteiger charge is -2.17. The van der Waals surface area contributed by atoms with Crippen LogP contribution in [0.15, 0.2) is 24.3 Å². The zero-order valence-corrected chi connectivity index (χ0v) is 11.6. The van der Waals surface area contributed by atoms with Gasteiger partial charge in [-0.3, -0.25) is 0 Å². The number of anilines is 1. The summed E-state index contributed by atoms with van der Waals surface area (Å²) in [5.41, 5.74) is 2.21. The van der Waals surface area contributed by atoms with Gasteiger partial charge in [-0.1, -0.05) is 12.1 Å². The molecule has 0 aliphatic rings. The van der Waals surface area contributed by atoms with Crippen LogP contribution >= 0.6 is 0 Å². The first-order valence-electron chi connectivity index (χ1n) is 6.40. The van der Waals surface area contributed by atoms with Gasteiger partial charge in [-0.25, -0.2) is 4.98 Å². The van der Waals surface area contributed by atoms with E-state index in [1.165, 1.54) is 5.52 Å². The van der Waals surface area contributed by atoms with E-state index in [0.717, 1.165) is 24.4 Å². The van der Waals surface area contributed by atoms with Crippen molar-refractivity contribution in [2.24, 2.45) is 7.05 Å². The van der Waals surface area contributed by atoms with Crippen LogP contribution in [0.2, 0.25) is 0 Å². The maximum Gasteiger partial charge on any atom is 0.203 e. The molecule has 18 heavy (non-hydrogen) atoms. The number of rotatable bonds is 5. The van der Waals surface area contributed by atoms with Crippen molar-refractivity contribution < 1.29 is 0 Å². The highest BCUT2D eigenvalue weighted by Gasteiger charge is 2.09. The van der Waals surface area contributed by atoms with Gasteiger partial charge in [0.05, 0.1) is 11.0 Å². The SMILES string of the molecule is CC(CCN(C)C)Nc1nc2ccccc2n1C. The Labute approximate surface area is 109 Å². The van der Waals surface area contributed by atoms with Crippen LogP contribution in [0.3, 0.4) is 0 Å². The lowest BCUT2D eigenvalue weighted by Crippen LogP contribution is -2.24. The smallest absolute Gasteiger partial charge is 0.203 e. The van der Waals surface area contributed by atoms with Crippen molar-refractivity contribution in [2.45, 2.75) is 19.4 Å². The first-order chi connectivity index (χ1) is 8.58. The molecular weight excluding hydrogens is 224 g/mol. The average Bonchev–Trinajstić information content (AvgIpc) is 2.65. The molecule has 1 aromatic carbocycles. The molecule has 1 unspecified atom stereocenters. The van der Waals surface area contributed by atoms with E-state index in [4.69, 9.17) is 0 Å². The highest BCUT2D eigenvalue weighted by atomic mass is 15.2. The van der Waals surface area contributed by atoms with E-state index < -0.39 is 0 Å². The summed E-state index contributed by atoms with van der Waals surface area (Å²) in [6.45, 7) is 3.28. The van der Waals surface area contributed by atoms with Crippen molar-refractivity contribution in [1.29, 1.82) is 0 Å². The second-order valence-corrected chi connectivity index (χ2v) is 5.12. The van der Waals surface area contributed by atoms with E-state index in [1.807, 2.05) is 18.2 Å². The summed E-state index contributed by atoms with van der Waals surface area (Å²) < 4.78 is 2.11. The number of aromatic nitrogens is 2. The minimum absolute atomic E-state index is 0.419. The number of hydrogen-bond donors (Lipinski definition) is 1. The molecule has 0 saturated carbocycles. The van der Waals surface area contributed by atoms with Gasteiger partial charge < -0.3 is 14.8 Å². The third-order valence-corrected chi connectivity index (χ3v) is 3.17. The largest absolute Gasteiger partial charge is 0.353 e. The molecule has 0 aliphatic carbocycles. The molecule has 1 aromatic heterocycles. The molecule has 2 aromatic rings. The first-order valence-corrected chi connectivity index (χ1v) is 6.40. The van der Waals surface area contributed by atoms with Crippen molar-refractivity contribution in [3.63, 3.8) is 0 Å². The van der Waals surface area contributed by atoms with E-state index in [2.05, 4.69) is 53.9 Å². The lowest BCUT2D eigenvalue weighted by molar-refractivity contribution is 0.390. The summed E-state index contributed by atoms with van der Waals surface area (Å²) in [6.07, 6.45) is 1.11. The number of nitrogens with one attached hydrogen (secondary N) is 1. The van der Waals surface area contributed by atoms with Crippen molar-refractivity contribution in [1.82, 2.24) is 14.5 Å². The summed E-state index contributed by atoms with van der Waals surface area (Å²) in [7, 11) is 6.25. The van der Waals surface area contributed by atoms with Gasteiger partial charge in [0, 0.05) is 13.1 Å². The van der Waals surface area contributed by atoms with Gasteiger partial charge in [0.25, 0.3) is 0 Å². The predicted molar refractivity (Wildman–Crippen MR) is 77.0 cm³/mol. The average molecular weight is 246 g/mol. The highest BCUT2D eigenvalue weighted by molar-refractivity contribution is 5.78. The van der Waals surface area contributed by atoms with Gasteiger partial charge in [0.1, 0.15) is 0 Å². The van der Waals surface area contributed by atoms with E-state index in [-0.39, 0.29) is 0 Å². The second-order valence-electron chi connectivity index (χ2n) is 5.12. The standard InChI is InChI=1S/C14H22N4/c1-11(9-10-17(2)3)15-14-16-12-7-5-6-8-13(12)18(14)4/h5-8,11H,9-10H2,1-4H3,(H,15,16).